The SMILES string of the molecule is O=C(Nc1ccc(-n2c(=O)[nH]c3cc(NC4CC4)ccc3c2=O)cc1)NS(=O)(=O)c1ccc(Cl)s1. The van der Waals surface area contributed by atoms with Crippen molar-refractivity contribution >= 4 is 61.3 Å². The number of hydrogen-bond acceptors (Lipinski definition) is 7. The number of anilines is 2. The van der Waals surface area contributed by atoms with E-state index < -0.39 is 27.3 Å². The van der Waals surface area contributed by atoms with Gasteiger partial charge in [0.15, 0.2) is 0 Å². The Bertz CT molecular complexity index is 1670. The summed E-state index contributed by atoms with van der Waals surface area (Å²) in [5.74, 6) is 0. The second-order valence-corrected chi connectivity index (χ2v) is 11.5. The standard InChI is InChI=1S/C22H18ClN5O5S2/c23-18-9-10-19(34-18)35(32,33)27-21(30)25-13-3-6-15(7-4-13)28-20(29)16-8-5-14(24-12-1-2-12)11-17(16)26-22(28)31/h3-12,24H,1-2H2,(H,26,31)(H2,25,27,30). The Balaban J connectivity index is 1.35. The van der Waals surface area contributed by atoms with Gasteiger partial charge in [-0.2, -0.15) is 0 Å². The van der Waals surface area contributed by atoms with Gasteiger partial charge in [-0.3, -0.25) is 4.79 Å². The van der Waals surface area contributed by atoms with E-state index in [0.29, 0.717) is 16.9 Å². The third kappa shape index (κ3) is 4.94. The molecule has 13 heteroatoms. The Morgan fingerprint density at radius 1 is 1.03 bits per heavy atom. The second-order valence-electron chi connectivity index (χ2n) is 7.91. The zero-order valence-corrected chi connectivity index (χ0v) is 20.3. The van der Waals surface area contributed by atoms with E-state index in [0.717, 1.165) is 34.4 Å². The molecule has 0 bridgehead atoms. The fraction of sp³-hybridized carbons (Fsp3) is 0.136. The lowest BCUT2D eigenvalue weighted by atomic mass is 10.2. The van der Waals surface area contributed by atoms with Crippen LogP contribution in [0.15, 0.2) is 68.4 Å². The highest BCUT2D eigenvalue weighted by atomic mass is 35.5. The van der Waals surface area contributed by atoms with Crippen LogP contribution in [0.2, 0.25) is 4.34 Å². The van der Waals surface area contributed by atoms with Gasteiger partial charge in [0.1, 0.15) is 4.21 Å². The van der Waals surface area contributed by atoms with Gasteiger partial charge >= 0.3 is 11.7 Å². The zero-order chi connectivity index (χ0) is 24.7. The average Bonchev–Trinajstić information content (AvgIpc) is 3.49. The molecule has 4 aromatic rings. The molecule has 2 aromatic heterocycles. The van der Waals surface area contributed by atoms with E-state index in [1.54, 1.807) is 18.2 Å². The van der Waals surface area contributed by atoms with Crippen molar-refractivity contribution in [1.82, 2.24) is 14.3 Å². The lowest BCUT2D eigenvalue weighted by Crippen LogP contribution is -2.34. The summed E-state index contributed by atoms with van der Waals surface area (Å²) in [6.07, 6.45) is 2.20. The van der Waals surface area contributed by atoms with Gasteiger partial charge in [0.25, 0.3) is 15.6 Å². The van der Waals surface area contributed by atoms with Crippen molar-refractivity contribution in [2.75, 3.05) is 10.6 Å². The minimum absolute atomic E-state index is 0.0988. The number of fused-ring (bicyclic) bond motifs is 1. The number of carbonyl (C=O) groups excluding carboxylic acids is 1. The van der Waals surface area contributed by atoms with E-state index in [9.17, 15) is 22.8 Å². The van der Waals surface area contributed by atoms with E-state index in [4.69, 9.17) is 11.6 Å². The van der Waals surface area contributed by atoms with Gasteiger partial charge < -0.3 is 15.6 Å². The Morgan fingerprint density at radius 3 is 2.40 bits per heavy atom. The second kappa shape index (κ2) is 8.87. The number of carbonyl (C=O) groups is 1. The summed E-state index contributed by atoms with van der Waals surface area (Å²) in [4.78, 5) is 40.6. The number of hydrogen-bond donors (Lipinski definition) is 4. The zero-order valence-electron chi connectivity index (χ0n) is 17.9. The first-order valence-electron chi connectivity index (χ1n) is 10.4. The van der Waals surface area contributed by atoms with E-state index in [1.807, 2.05) is 4.72 Å². The molecule has 5 rings (SSSR count). The fourth-order valence-electron chi connectivity index (χ4n) is 3.47. The number of nitrogens with one attached hydrogen (secondary N) is 4. The van der Waals surface area contributed by atoms with Crippen LogP contribution in [-0.4, -0.2) is 30.0 Å². The van der Waals surface area contributed by atoms with E-state index in [-0.39, 0.29) is 19.9 Å². The smallest absolute Gasteiger partial charge is 0.333 e. The van der Waals surface area contributed by atoms with Crippen molar-refractivity contribution in [2.45, 2.75) is 23.1 Å². The number of aromatic amines is 1. The maximum atomic E-state index is 13.0. The molecule has 4 N–H and O–H groups in total. The molecule has 0 spiro atoms. The van der Waals surface area contributed by atoms with Gasteiger partial charge in [-0.15, -0.1) is 11.3 Å². The van der Waals surface area contributed by atoms with Crippen molar-refractivity contribution in [3.05, 3.63) is 79.8 Å². The van der Waals surface area contributed by atoms with Crippen LogP contribution in [0, 0.1) is 0 Å². The van der Waals surface area contributed by atoms with Crippen molar-refractivity contribution in [3.8, 4) is 5.69 Å². The normalized spacial score (nSPS) is 13.5. The van der Waals surface area contributed by atoms with Gasteiger partial charge in [0, 0.05) is 17.4 Å². The summed E-state index contributed by atoms with van der Waals surface area (Å²) in [6.45, 7) is 0. The monoisotopic (exact) mass is 531 g/mol. The summed E-state index contributed by atoms with van der Waals surface area (Å²) in [5.41, 5.74) is 0.721. The molecule has 2 aromatic carbocycles. The molecule has 2 heterocycles. The number of thiophene rings is 1. The van der Waals surface area contributed by atoms with Crippen LogP contribution in [-0.2, 0) is 10.0 Å². The lowest BCUT2D eigenvalue weighted by Gasteiger charge is -2.10. The molecule has 0 saturated heterocycles. The largest absolute Gasteiger partial charge is 0.382 e. The molecule has 1 aliphatic carbocycles. The Kier molecular flexibility index (Phi) is 5.87. The molecule has 0 atom stereocenters. The van der Waals surface area contributed by atoms with Crippen LogP contribution in [0.5, 0.6) is 0 Å². The highest BCUT2D eigenvalue weighted by Crippen LogP contribution is 2.26. The predicted molar refractivity (Wildman–Crippen MR) is 135 cm³/mol. The molecule has 180 valence electrons. The molecule has 10 nitrogen and oxygen atoms in total. The quantitative estimate of drug-likeness (QED) is 0.300. The molecule has 35 heavy (non-hydrogen) atoms. The molecule has 0 aliphatic heterocycles. The topological polar surface area (TPSA) is 142 Å². The van der Waals surface area contributed by atoms with Crippen molar-refractivity contribution in [2.24, 2.45) is 0 Å². The van der Waals surface area contributed by atoms with Crippen molar-refractivity contribution in [1.29, 1.82) is 0 Å². The molecule has 1 saturated carbocycles. The molecule has 0 radical (unpaired) electrons. The van der Waals surface area contributed by atoms with E-state index in [1.165, 1.54) is 36.4 Å². The highest BCUT2D eigenvalue weighted by molar-refractivity contribution is 7.92. The molecule has 1 aliphatic rings. The first-order valence-corrected chi connectivity index (χ1v) is 13.1. The number of urea groups is 1. The van der Waals surface area contributed by atoms with E-state index >= 15 is 0 Å². The summed E-state index contributed by atoms with van der Waals surface area (Å²) in [6, 6.07) is 13.2. The van der Waals surface area contributed by atoms with Gasteiger partial charge in [-0.05, 0) is 67.4 Å². The van der Waals surface area contributed by atoms with Crippen molar-refractivity contribution in [3.63, 3.8) is 0 Å². The summed E-state index contributed by atoms with van der Waals surface area (Å²) < 4.78 is 27.6. The molecule has 0 unspecified atom stereocenters. The number of nitrogens with zero attached hydrogens (tertiary/aromatic N) is 1. The fourth-order valence-corrected chi connectivity index (χ4v) is 5.86. The third-order valence-corrected chi connectivity index (χ3v) is 8.32. The summed E-state index contributed by atoms with van der Waals surface area (Å²) in [7, 11) is -4.07. The van der Waals surface area contributed by atoms with Gasteiger partial charge in [0.05, 0.1) is 20.9 Å². The first kappa shape index (κ1) is 23.1. The maximum absolute atomic E-state index is 13.0. The number of halogens is 1. The van der Waals surface area contributed by atoms with Crippen molar-refractivity contribution < 1.29 is 13.2 Å². The number of aromatic nitrogens is 2. The van der Waals surface area contributed by atoms with Crippen LogP contribution in [0.25, 0.3) is 16.6 Å². The molecular formula is C22H18ClN5O5S2. The Morgan fingerprint density at radius 2 is 1.74 bits per heavy atom. The lowest BCUT2D eigenvalue weighted by molar-refractivity contribution is 0.256. The number of H-pyrrole nitrogens is 1. The minimum atomic E-state index is -4.07. The number of rotatable bonds is 6. The average molecular weight is 532 g/mol. The van der Waals surface area contributed by atoms with Crippen LogP contribution in [0.3, 0.4) is 0 Å². The number of amides is 2. The first-order chi connectivity index (χ1) is 16.7. The summed E-state index contributed by atoms with van der Waals surface area (Å²) >= 11 is 6.57. The Hall–Kier alpha value is -3.61. The van der Waals surface area contributed by atoms with Gasteiger partial charge in [0.2, 0.25) is 0 Å². The summed E-state index contributed by atoms with van der Waals surface area (Å²) in [5, 5.41) is 6.08. The van der Waals surface area contributed by atoms with Crippen LogP contribution < -0.4 is 26.6 Å². The van der Waals surface area contributed by atoms with Crippen LogP contribution in [0.1, 0.15) is 12.8 Å². The highest BCUT2D eigenvalue weighted by Gasteiger charge is 2.21. The van der Waals surface area contributed by atoms with Crippen LogP contribution in [0.4, 0.5) is 16.2 Å². The molecule has 1 fully saturated rings. The molecule has 2 amide bonds. The van der Waals surface area contributed by atoms with Gasteiger partial charge in [-0.25, -0.2) is 27.3 Å². The number of benzene rings is 2. The third-order valence-electron chi connectivity index (χ3n) is 5.27. The van der Waals surface area contributed by atoms with E-state index in [2.05, 4.69) is 15.6 Å². The minimum Gasteiger partial charge on any atom is -0.382 e. The Labute approximate surface area is 207 Å². The molecular weight excluding hydrogens is 514 g/mol. The predicted octanol–water partition coefficient (Wildman–Crippen LogP) is 3.48. The van der Waals surface area contributed by atoms with Crippen LogP contribution >= 0.6 is 22.9 Å². The maximum Gasteiger partial charge on any atom is 0.333 e. The number of sulfonamides is 1. The van der Waals surface area contributed by atoms with Gasteiger partial charge in [-0.1, -0.05) is 11.6 Å².